The van der Waals surface area contributed by atoms with Gasteiger partial charge < -0.3 is 14.7 Å². The zero-order chi connectivity index (χ0) is 24.6. The molecule has 2 aromatic rings. The molecule has 0 aliphatic carbocycles. The van der Waals surface area contributed by atoms with E-state index in [1.165, 1.54) is 17.9 Å². The molecule has 0 spiro atoms. The maximum atomic E-state index is 13.9. The Morgan fingerprint density at radius 1 is 1.24 bits per heavy atom. The van der Waals surface area contributed by atoms with Crippen molar-refractivity contribution in [1.29, 1.82) is 0 Å². The molecule has 3 heterocycles. The van der Waals surface area contributed by atoms with Crippen LogP contribution in [0.5, 0.6) is 5.75 Å². The highest BCUT2D eigenvalue weighted by Gasteiger charge is 2.37. The first-order valence-electron chi connectivity index (χ1n) is 10.8. The zero-order valence-corrected chi connectivity index (χ0v) is 18.4. The van der Waals surface area contributed by atoms with Crippen LogP contribution in [0.3, 0.4) is 0 Å². The highest BCUT2D eigenvalue weighted by molar-refractivity contribution is 6.01. The summed E-state index contributed by atoms with van der Waals surface area (Å²) in [6.07, 6.45) is 1.99. The van der Waals surface area contributed by atoms with Gasteiger partial charge in [-0.1, -0.05) is 6.07 Å². The Balaban J connectivity index is 1.64. The van der Waals surface area contributed by atoms with Gasteiger partial charge in [0, 0.05) is 38.8 Å². The number of ketones is 1. The molecule has 1 atom stereocenters. The number of aryl methyl sites for hydroxylation is 1. The number of hydrogen-bond donors (Lipinski definition) is 1. The number of rotatable bonds is 6. The van der Waals surface area contributed by atoms with Crippen LogP contribution in [-0.2, 0) is 16.0 Å². The molecule has 11 heteroatoms. The van der Waals surface area contributed by atoms with E-state index in [4.69, 9.17) is 4.74 Å². The molecule has 1 aromatic heterocycles. The summed E-state index contributed by atoms with van der Waals surface area (Å²) in [5.74, 6) is -4.41. The minimum absolute atomic E-state index is 0.0855. The highest BCUT2D eigenvalue weighted by atomic mass is 19.1. The van der Waals surface area contributed by atoms with Crippen molar-refractivity contribution in [3.63, 3.8) is 0 Å². The second kappa shape index (κ2) is 9.34. The summed E-state index contributed by atoms with van der Waals surface area (Å²) in [6, 6.07) is 2.95. The number of carbonyl (C=O) groups excluding carboxylic acids is 3. The zero-order valence-electron chi connectivity index (χ0n) is 18.4. The summed E-state index contributed by atoms with van der Waals surface area (Å²) in [6.45, 7) is 1.84. The van der Waals surface area contributed by atoms with Gasteiger partial charge >= 0.3 is 0 Å². The first-order valence-corrected chi connectivity index (χ1v) is 10.8. The quantitative estimate of drug-likeness (QED) is 0.638. The van der Waals surface area contributed by atoms with Crippen molar-refractivity contribution in [3.05, 3.63) is 63.1 Å². The number of aromatic hydroxyl groups is 1. The monoisotopic (exact) mass is 475 g/mol. The SMILES string of the molecule is CC(=O)N1CN(C[C@H]2CCCO2)C(=O)c2c(O)c(=O)c(C(=O)CCc3ccc(F)cc3F)cn21. The number of aromatic nitrogens is 1. The fourth-order valence-electron chi connectivity index (χ4n) is 4.15. The van der Waals surface area contributed by atoms with Crippen molar-refractivity contribution in [3.8, 4) is 5.75 Å². The van der Waals surface area contributed by atoms with Gasteiger partial charge in [-0.25, -0.2) is 18.5 Å². The molecule has 2 aliphatic heterocycles. The predicted octanol–water partition coefficient (Wildman–Crippen LogP) is 1.72. The molecule has 4 rings (SSSR count). The van der Waals surface area contributed by atoms with E-state index in [1.54, 1.807) is 0 Å². The van der Waals surface area contributed by atoms with Crippen LogP contribution in [0.2, 0.25) is 0 Å². The fraction of sp³-hybridized carbons (Fsp3) is 0.391. The Hall–Kier alpha value is -3.60. The smallest absolute Gasteiger partial charge is 0.278 e. The van der Waals surface area contributed by atoms with E-state index in [0.29, 0.717) is 12.7 Å². The molecule has 9 nitrogen and oxygen atoms in total. The predicted molar refractivity (Wildman–Crippen MR) is 115 cm³/mol. The largest absolute Gasteiger partial charge is 0.502 e. The Morgan fingerprint density at radius 2 is 2.00 bits per heavy atom. The minimum Gasteiger partial charge on any atom is -0.502 e. The highest BCUT2D eigenvalue weighted by Crippen LogP contribution is 2.24. The van der Waals surface area contributed by atoms with E-state index >= 15 is 0 Å². The Labute approximate surface area is 193 Å². The molecule has 1 N–H and O–H groups in total. The summed E-state index contributed by atoms with van der Waals surface area (Å²) in [7, 11) is 0. The number of benzene rings is 1. The molecule has 0 bridgehead atoms. The molecule has 34 heavy (non-hydrogen) atoms. The van der Waals surface area contributed by atoms with Gasteiger partial charge in [0.1, 0.15) is 18.3 Å². The maximum Gasteiger partial charge on any atom is 0.278 e. The first-order chi connectivity index (χ1) is 16.2. The van der Waals surface area contributed by atoms with Gasteiger partial charge in [-0.05, 0) is 30.9 Å². The van der Waals surface area contributed by atoms with E-state index in [-0.39, 0.29) is 37.7 Å². The van der Waals surface area contributed by atoms with E-state index in [9.17, 15) is 33.1 Å². The minimum atomic E-state index is -1.06. The van der Waals surface area contributed by atoms with Crippen LogP contribution in [-0.4, -0.2) is 58.2 Å². The second-order valence-corrected chi connectivity index (χ2v) is 8.30. The van der Waals surface area contributed by atoms with Crippen molar-refractivity contribution in [1.82, 2.24) is 9.58 Å². The maximum absolute atomic E-state index is 13.9. The van der Waals surface area contributed by atoms with Crippen molar-refractivity contribution in [2.24, 2.45) is 0 Å². The molecule has 2 aliphatic rings. The van der Waals surface area contributed by atoms with Crippen LogP contribution in [0.4, 0.5) is 8.78 Å². The lowest BCUT2D eigenvalue weighted by Crippen LogP contribution is -2.57. The molecule has 180 valence electrons. The molecule has 0 unspecified atom stereocenters. The molecular weight excluding hydrogens is 452 g/mol. The number of amides is 2. The first kappa shape index (κ1) is 23.6. The van der Waals surface area contributed by atoms with Crippen LogP contribution >= 0.6 is 0 Å². The van der Waals surface area contributed by atoms with Crippen LogP contribution in [0, 0.1) is 11.6 Å². The third kappa shape index (κ3) is 4.43. The molecular formula is C23H23F2N3O6. The van der Waals surface area contributed by atoms with Crippen LogP contribution in [0.1, 0.15) is 52.6 Å². The number of fused-ring (bicyclic) bond motifs is 1. The summed E-state index contributed by atoms with van der Waals surface area (Å²) < 4.78 is 33.5. The van der Waals surface area contributed by atoms with Gasteiger partial charge in [-0.15, -0.1) is 0 Å². The fourth-order valence-corrected chi connectivity index (χ4v) is 4.15. The number of hydrogen-bond acceptors (Lipinski definition) is 6. The summed E-state index contributed by atoms with van der Waals surface area (Å²) in [5.41, 5.74) is -1.85. The summed E-state index contributed by atoms with van der Waals surface area (Å²) >= 11 is 0. The molecule has 1 fully saturated rings. The standard InChI is InChI=1S/C23H23F2N3O6/c1-13(29)28-12-26(10-16-3-2-8-34-16)23(33)20-22(32)21(31)17(11-27(20)28)19(30)7-5-14-4-6-15(24)9-18(14)25/h4,6,9,11,16,32H,2-3,5,7-8,10,12H2,1H3/t16-/m1/s1. The van der Waals surface area contributed by atoms with E-state index < -0.39 is 51.7 Å². The number of Topliss-reactive ketones (excluding diaryl/α,β-unsaturated/α-hetero) is 1. The Kier molecular flexibility index (Phi) is 6.47. The number of nitrogens with zero attached hydrogens (tertiary/aromatic N) is 3. The normalized spacial score (nSPS) is 17.7. The van der Waals surface area contributed by atoms with Crippen LogP contribution in [0.25, 0.3) is 0 Å². The molecule has 1 saturated heterocycles. The lowest BCUT2D eigenvalue weighted by atomic mass is 10.0. The van der Waals surface area contributed by atoms with Gasteiger partial charge in [0.25, 0.3) is 5.91 Å². The van der Waals surface area contributed by atoms with Crippen molar-refractivity contribution < 1.29 is 33.0 Å². The lowest BCUT2D eigenvalue weighted by molar-refractivity contribution is -0.118. The second-order valence-electron chi connectivity index (χ2n) is 8.30. The average Bonchev–Trinajstić information content (AvgIpc) is 3.29. The number of carbonyl (C=O) groups is 3. The van der Waals surface area contributed by atoms with Gasteiger partial charge in [0.05, 0.1) is 11.7 Å². The third-order valence-corrected chi connectivity index (χ3v) is 5.97. The topological polar surface area (TPSA) is 109 Å². The van der Waals surface area contributed by atoms with Gasteiger partial charge in [-0.3, -0.25) is 19.2 Å². The molecule has 0 radical (unpaired) electrons. The molecule has 1 aromatic carbocycles. The van der Waals surface area contributed by atoms with Crippen molar-refractivity contribution in [2.45, 2.75) is 38.7 Å². The average molecular weight is 475 g/mol. The van der Waals surface area contributed by atoms with Gasteiger partial charge in [0.15, 0.2) is 17.2 Å². The van der Waals surface area contributed by atoms with Crippen LogP contribution in [0.15, 0.2) is 29.2 Å². The van der Waals surface area contributed by atoms with Gasteiger partial charge in [-0.2, -0.15) is 0 Å². The molecule has 0 saturated carbocycles. The number of ether oxygens (including phenoxy) is 1. The van der Waals surface area contributed by atoms with E-state index in [2.05, 4.69) is 0 Å². The Morgan fingerprint density at radius 3 is 2.65 bits per heavy atom. The summed E-state index contributed by atoms with van der Waals surface area (Å²) in [5, 5.41) is 11.7. The van der Waals surface area contributed by atoms with Crippen LogP contribution < -0.4 is 10.4 Å². The van der Waals surface area contributed by atoms with E-state index in [1.807, 2.05) is 0 Å². The van der Waals surface area contributed by atoms with Gasteiger partial charge in [0.2, 0.25) is 11.3 Å². The lowest BCUT2D eigenvalue weighted by Gasteiger charge is -2.38. The Bertz CT molecular complexity index is 1220. The number of pyridine rings is 1. The van der Waals surface area contributed by atoms with Crippen molar-refractivity contribution in [2.75, 3.05) is 24.8 Å². The summed E-state index contributed by atoms with van der Waals surface area (Å²) in [4.78, 5) is 52.2. The van der Waals surface area contributed by atoms with Crippen molar-refractivity contribution >= 4 is 17.6 Å². The molecule has 2 amide bonds. The third-order valence-electron chi connectivity index (χ3n) is 5.97. The number of halogens is 2. The van der Waals surface area contributed by atoms with E-state index in [0.717, 1.165) is 34.8 Å².